The van der Waals surface area contributed by atoms with Gasteiger partial charge in [-0.05, 0) is 50.1 Å². The molecule has 0 aliphatic carbocycles. The van der Waals surface area contributed by atoms with Gasteiger partial charge in [0, 0.05) is 0 Å². The Morgan fingerprint density at radius 2 is 2.00 bits per heavy atom. The molecular formula is C12H19BO3S. The summed E-state index contributed by atoms with van der Waals surface area (Å²) in [4.78, 5) is 0. The topological polar surface area (TPSA) is 49.7 Å². The van der Waals surface area contributed by atoms with Gasteiger partial charge in [-0.1, -0.05) is 12.1 Å². The molecule has 1 rings (SSSR count). The zero-order valence-corrected chi connectivity index (χ0v) is 11.5. The smallest absolute Gasteiger partial charge is 0.423 e. The van der Waals surface area contributed by atoms with Crippen LogP contribution in [-0.2, 0) is 4.65 Å². The predicted molar refractivity (Wildman–Crippen MR) is 72.8 cm³/mol. The zero-order chi connectivity index (χ0) is 13.1. The number of hydrogen-bond donors (Lipinski definition) is 2. The lowest BCUT2D eigenvalue weighted by Crippen LogP contribution is -2.50. The molecule has 0 aromatic carbocycles. The maximum atomic E-state index is 9.89. The minimum atomic E-state index is -1.03. The van der Waals surface area contributed by atoms with Gasteiger partial charge < -0.3 is 14.8 Å². The Balaban J connectivity index is 2.58. The Hall–Kier alpha value is -0.615. The normalized spacial score (nSPS) is 13.3. The molecule has 0 amide bonds. The van der Waals surface area contributed by atoms with Gasteiger partial charge >= 0.3 is 7.12 Å². The SMILES string of the molecule is CC(C)(O)C(C)(C)OB(O)C=Cc1ccsc1. The lowest BCUT2D eigenvalue weighted by molar-refractivity contribution is -0.0984. The van der Waals surface area contributed by atoms with E-state index in [1.165, 1.54) is 0 Å². The van der Waals surface area contributed by atoms with Crippen LogP contribution in [0.3, 0.4) is 0 Å². The summed E-state index contributed by atoms with van der Waals surface area (Å²) >= 11 is 1.59. The molecule has 2 N–H and O–H groups in total. The Morgan fingerprint density at radius 1 is 1.35 bits per heavy atom. The molecular weight excluding hydrogens is 235 g/mol. The summed E-state index contributed by atoms with van der Waals surface area (Å²) < 4.78 is 5.42. The van der Waals surface area contributed by atoms with E-state index in [0.29, 0.717) is 0 Å². The second-order valence-corrected chi connectivity index (χ2v) is 5.77. The largest absolute Gasteiger partial charge is 0.483 e. The molecule has 0 unspecified atom stereocenters. The van der Waals surface area contributed by atoms with Gasteiger partial charge in [0.25, 0.3) is 0 Å². The van der Waals surface area contributed by atoms with Gasteiger partial charge in [-0.15, -0.1) is 0 Å². The molecule has 1 aromatic rings. The highest BCUT2D eigenvalue weighted by Gasteiger charge is 2.38. The van der Waals surface area contributed by atoms with Crippen LogP contribution in [0.25, 0.3) is 6.08 Å². The summed E-state index contributed by atoms with van der Waals surface area (Å²) in [5.74, 6) is 1.57. The average Bonchev–Trinajstić information content (AvgIpc) is 2.64. The van der Waals surface area contributed by atoms with Gasteiger partial charge in [-0.2, -0.15) is 11.3 Å². The first-order valence-corrected chi connectivity index (χ1v) is 6.45. The van der Waals surface area contributed by atoms with Gasteiger partial charge in [-0.3, -0.25) is 0 Å². The van der Waals surface area contributed by atoms with E-state index in [1.54, 1.807) is 51.1 Å². The van der Waals surface area contributed by atoms with Crippen LogP contribution in [0.4, 0.5) is 0 Å². The molecule has 0 fully saturated rings. The third kappa shape index (κ3) is 4.28. The molecule has 0 atom stereocenters. The van der Waals surface area contributed by atoms with Crippen molar-refractivity contribution in [3.05, 3.63) is 28.4 Å². The Morgan fingerprint density at radius 3 is 2.47 bits per heavy atom. The third-order valence-electron chi connectivity index (χ3n) is 2.89. The second-order valence-electron chi connectivity index (χ2n) is 4.99. The monoisotopic (exact) mass is 254 g/mol. The predicted octanol–water partition coefficient (Wildman–Crippen LogP) is 2.35. The van der Waals surface area contributed by atoms with Gasteiger partial charge in [0.1, 0.15) is 0 Å². The summed E-state index contributed by atoms with van der Waals surface area (Å²) in [6.45, 7) is 6.80. The average molecular weight is 254 g/mol. The standard InChI is InChI=1S/C12H19BO3S/c1-11(2,14)12(3,4)16-13(15)7-5-10-6-8-17-9-10/h5-9,14-15H,1-4H3. The minimum Gasteiger partial charge on any atom is -0.423 e. The Labute approximate surface area is 107 Å². The first kappa shape index (κ1) is 14.4. The summed E-state index contributed by atoms with van der Waals surface area (Å²) in [5.41, 5.74) is -0.825. The molecule has 94 valence electrons. The number of rotatable bonds is 5. The fraction of sp³-hybridized carbons (Fsp3) is 0.500. The van der Waals surface area contributed by atoms with E-state index in [2.05, 4.69) is 0 Å². The van der Waals surface area contributed by atoms with Crippen LogP contribution in [0, 0.1) is 0 Å². The molecule has 3 nitrogen and oxygen atoms in total. The molecule has 5 heteroatoms. The van der Waals surface area contributed by atoms with E-state index < -0.39 is 18.3 Å². The van der Waals surface area contributed by atoms with E-state index in [0.717, 1.165) is 5.56 Å². The van der Waals surface area contributed by atoms with Crippen LogP contribution in [0.5, 0.6) is 0 Å². The van der Waals surface area contributed by atoms with Gasteiger partial charge in [0.05, 0.1) is 11.2 Å². The summed E-state index contributed by atoms with van der Waals surface area (Å²) in [5, 5.41) is 23.6. The van der Waals surface area contributed by atoms with Crippen molar-refractivity contribution < 1.29 is 14.8 Å². The second kappa shape index (κ2) is 5.35. The lowest BCUT2D eigenvalue weighted by Gasteiger charge is -2.38. The van der Waals surface area contributed by atoms with Crippen molar-refractivity contribution in [3.63, 3.8) is 0 Å². The van der Waals surface area contributed by atoms with E-state index in [1.807, 2.05) is 16.8 Å². The maximum Gasteiger partial charge on any atom is 0.483 e. The van der Waals surface area contributed by atoms with Crippen molar-refractivity contribution in [2.45, 2.75) is 38.9 Å². The highest BCUT2D eigenvalue weighted by molar-refractivity contribution is 7.08. The summed E-state index contributed by atoms with van der Waals surface area (Å²) in [6.07, 6.45) is 1.79. The Bertz CT molecular complexity index is 366. The zero-order valence-electron chi connectivity index (χ0n) is 10.7. The molecule has 0 saturated carbocycles. The first-order chi connectivity index (χ1) is 7.72. The van der Waals surface area contributed by atoms with Crippen molar-refractivity contribution >= 4 is 24.5 Å². The van der Waals surface area contributed by atoms with Crippen LogP contribution in [0.1, 0.15) is 33.3 Å². The minimum absolute atomic E-state index is 0.828. The van der Waals surface area contributed by atoms with Crippen LogP contribution in [0.15, 0.2) is 22.8 Å². The van der Waals surface area contributed by atoms with Crippen molar-refractivity contribution in [2.75, 3.05) is 0 Å². The third-order valence-corrected chi connectivity index (χ3v) is 3.59. The van der Waals surface area contributed by atoms with E-state index >= 15 is 0 Å². The van der Waals surface area contributed by atoms with Crippen LogP contribution in [0.2, 0.25) is 0 Å². The highest BCUT2D eigenvalue weighted by atomic mass is 32.1. The van der Waals surface area contributed by atoms with Crippen molar-refractivity contribution in [1.82, 2.24) is 0 Å². The van der Waals surface area contributed by atoms with E-state index in [9.17, 15) is 10.1 Å². The molecule has 1 heterocycles. The van der Waals surface area contributed by atoms with Crippen molar-refractivity contribution in [2.24, 2.45) is 0 Å². The molecule has 17 heavy (non-hydrogen) atoms. The highest BCUT2D eigenvalue weighted by Crippen LogP contribution is 2.25. The van der Waals surface area contributed by atoms with Gasteiger partial charge in [0.15, 0.2) is 0 Å². The molecule has 0 aliphatic heterocycles. The molecule has 0 radical (unpaired) electrons. The van der Waals surface area contributed by atoms with Crippen molar-refractivity contribution in [1.29, 1.82) is 0 Å². The van der Waals surface area contributed by atoms with Crippen LogP contribution in [-0.4, -0.2) is 28.5 Å². The number of thiophene rings is 1. The molecule has 0 aliphatic rings. The fourth-order valence-corrected chi connectivity index (χ4v) is 1.68. The summed E-state index contributed by atoms with van der Waals surface area (Å²) in [7, 11) is -1.03. The van der Waals surface area contributed by atoms with Crippen molar-refractivity contribution in [3.8, 4) is 0 Å². The lowest BCUT2D eigenvalue weighted by atomic mass is 9.83. The Kier molecular flexibility index (Phi) is 4.55. The molecule has 0 bridgehead atoms. The summed E-state index contributed by atoms with van der Waals surface area (Å²) in [6, 6.07) is 1.95. The fourth-order valence-electron chi connectivity index (χ4n) is 1.05. The molecule has 0 spiro atoms. The van der Waals surface area contributed by atoms with Crippen LogP contribution < -0.4 is 0 Å². The number of aliphatic hydroxyl groups is 1. The quantitative estimate of drug-likeness (QED) is 0.793. The first-order valence-electron chi connectivity index (χ1n) is 5.51. The van der Waals surface area contributed by atoms with Gasteiger partial charge in [-0.25, -0.2) is 0 Å². The van der Waals surface area contributed by atoms with E-state index in [-0.39, 0.29) is 0 Å². The molecule has 1 aromatic heterocycles. The maximum absolute atomic E-state index is 9.89. The van der Waals surface area contributed by atoms with Gasteiger partial charge in [0.2, 0.25) is 0 Å². The van der Waals surface area contributed by atoms with E-state index in [4.69, 9.17) is 4.65 Å². The van der Waals surface area contributed by atoms with Crippen LogP contribution >= 0.6 is 11.3 Å². The number of hydrogen-bond acceptors (Lipinski definition) is 4. The molecule has 0 saturated heterocycles.